The van der Waals surface area contributed by atoms with E-state index < -0.39 is 5.97 Å². The van der Waals surface area contributed by atoms with E-state index in [9.17, 15) is 9.90 Å². The molecule has 0 aliphatic heterocycles. The summed E-state index contributed by atoms with van der Waals surface area (Å²) in [5, 5.41) is 9.51. The molecule has 0 amide bonds. The molecular weight excluding hydrogens is 212 g/mol. The SMILES string of the molecule is CC1=CCC2C(C)(C)CC=CC2(C)C1C(=O)O. The molecule has 0 heterocycles. The maximum Gasteiger partial charge on any atom is 0.311 e. The summed E-state index contributed by atoms with van der Waals surface area (Å²) < 4.78 is 0. The summed E-state index contributed by atoms with van der Waals surface area (Å²) in [6.07, 6.45) is 8.51. The van der Waals surface area contributed by atoms with E-state index in [0.717, 1.165) is 18.4 Å². The number of rotatable bonds is 1. The molecule has 0 bridgehead atoms. The highest BCUT2D eigenvalue weighted by Gasteiger charge is 2.52. The topological polar surface area (TPSA) is 37.3 Å². The van der Waals surface area contributed by atoms with E-state index >= 15 is 0 Å². The van der Waals surface area contributed by atoms with E-state index in [0.29, 0.717) is 5.92 Å². The predicted octanol–water partition coefficient (Wildman–Crippen LogP) is 3.65. The molecule has 2 rings (SSSR count). The molecule has 0 radical (unpaired) electrons. The van der Waals surface area contributed by atoms with Gasteiger partial charge in [0.2, 0.25) is 0 Å². The van der Waals surface area contributed by atoms with Crippen LogP contribution in [0, 0.1) is 22.7 Å². The van der Waals surface area contributed by atoms with Crippen LogP contribution in [0.25, 0.3) is 0 Å². The zero-order valence-electron chi connectivity index (χ0n) is 11.2. The largest absolute Gasteiger partial charge is 0.481 e. The molecule has 0 aromatic heterocycles. The van der Waals surface area contributed by atoms with Gasteiger partial charge >= 0.3 is 5.97 Å². The second-order valence-corrected chi connectivity index (χ2v) is 6.47. The van der Waals surface area contributed by atoms with Crippen molar-refractivity contribution in [3.8, 4) is 0 Å². The summed E-state index contributed by atoms with van der Waals surface area (Å²) in [5.74, 6) is -0.629. The molecular formula is C15H22O2. The van der Waals surface area contributed by atoms with Crippen LogP contribution in [0.1, 0.15) is 40.5 Å². The highest BCUT2D eigenvalue weighted by molar-refractivity contribution is 5.75. The predicted molar refractivity (Wildman–Crippen MR) is 68.6 cm³/mol. The highest BCUT2D eigenvalue weighted by atomic mass is 16.4. The second-order valence-electron chi connectivity index (χ2n) is 6.47. The Morgan fingerprint density at radius 1 is 1.41 bits per heavy atom. The van der Waals surface area contributed by atoms with Crippen molar-refractivity contribution in [2.75, 3.05) is 0 Å². The van der Waals surface area contributed by atoms with Crippen molar-refractivity contribution < 1.29 is 9.90 Å². The molecule has 3 atom stereocenters. The lowest BCUT2D eigenvalue weighted by Crippen LogP contribution is -2.48. The fraction of sp³-hybridized carbons (Fsp3) is 0.667. The zero-order valence-corrected chi connectivity index (χ0v) is 11.2. The molecule has 3 unspecified atom stereocenters. The van der Waals surface area contributed by atoms with Crippen LogP contribution in [-0.4, -0.2) is 11.1 Å². The van der Waals surface area contributed by atoms with Gasteiger partial charge in [0.25, 0.3) is 0 Å². The Kier molecular flexibility index (Phi) is 2.72. The number of aliphatic carboxylic acids is 1. The van der Waals surface area contributed by atoms with Crippen LogP contribution in [0.2, 0.25) is 0 Å². The molecule has 0 saturated heterocycles. The molecule has 0 aromatic carbocycles. The molecule has 0 saturated carbocycles. The summed E-state index contributed by atoms with van der Waals surface area (Å²) in [6.45, 7) is 8.58. The van der Waals surface area contributed by atoms with Crippen LogP contribution in [-0.2, 0) is 4.79 Å². The van der Waals surface area contributed by atoms with Gasteiger partial charge in [0.1, 0.15) is 0 Å². The van der Waals surface area contributed by atoms with Gasteiger partial charge in [-0.05, 0) is 31.1 Å². The first kappa shape index (κ1) is 12.4. The van der Waals surface area contributed by atoms with E-state index in [1.54, 1.807) is 0 Å². The van der Waals surface area contributed by atoms with E-state index in [4.69, 9.17) is 0 Å². The minimum atomic E-state index is -0.687. The number of hydrogen-bond donors (Lipinski definition) is 1. The monoisotopic (exact) mass is 234 g/mol. The maximum atomic E-state index is 11.6. The van der Waals surface area contributed by atoms with Crippen LogP contribution < -0.4 is 0 Å². The molecule has 2 aliphatic rings. The fourth-order valence-electron chi connectivity index (χ4n) is 3.96. The quantitative estimate of drug-likeness (QED) is 0.703. The number of carbonyl (C=O) groups is 1. The molecule has 2 heteroatoms. The summed E-state index contributed by atoms with van der Waals surface area (Å²) in [7, 11) is 0. The maximum absolute atomic E-state index is 11.6. The average Bonchev–Trinajstić information content (AvgIpc) is 2.14. The first-order valence-corrected chi connectivity index (χ1v) is 6.36. The first-order chi connectivity index (χ1) is 7.79. The second kappa shape index (κ2) is 3.72. The smallest absolute Gasteiger partial charge is 0.311 e. The summed E-state index contributed by atoms with van der Waals surface area (Å²) in [5.41, 5.74) is 0.972. The Morgan fingerprint density at radius 2 is 2.06 bits per heavy atom. The normalized spacial score (nSPS) is 39.4. The van der Waals surface area contributed by atoms with Crippen molar-refractivity contribution >= 4 is 5.97 Å². The van der Waals surface area contributed by atoms with Crippen LogP contribution in [0.5, 0.6) is 0 Å². The van der Waals surface area contributed by atoms with E-state index in [2.05, 4.69) is 39.0 Å². The van der Waals surface area contributed by atoms with E-state index in [1.807, 2.05) is 6.92 Å². The first-order valence-electron chi connectivity index (χ1n) is 6.36. The Balaban J connectivity index is 2.53. The number of carboxylic acids is 1. The summed E-state index contributed by atoms with van der Waals surface area (Å²) in [4.78, 5) is 11.6. The summed E-state index contributed by atoms with van der Waals surface area (Å²) >= 11 is 0. The lowest BCUT2D eigenvalue weighted by Gasteiger charge is -2.52. The van der Waals surface area contributed by atoms with Crippen molar-refractivity contribution in [3.63, 3.8) is 0 Å². The lowest BCUT2D eigenvalue weighted by molar-refractivity contribution is -0.146. The molecule has 0 fully saturated rings. The Bertz CT molecular complexity index is 403. The molecule has 17 heavy (non-hydrogen) atoms. The minimum absolute atomic E-state index is 0.189. The Hall–Kier alpha value is -1.05. The van der Waals surface area contributed by atoms with Crippen molar-refractivity contribution in [1.29, 1.82) is 0 Å². The fourth-order valence-corrected chi connectivity index (χ4v) is 3.96. The number of allylic oxidation sites excluding steroid dienone is 3. The molecule has 2 nitrogen and oxygen atoms in total. The molecule has 2 aliphatic carbocycles. The van der Waals surface area contributed by atoms with Gasteiger partial charge < -0.3 is 5.11 Å². The van der Waals surface area contributed by atoms with E-state index in [1.165, 1.54) is 0 Å². The molecule has 0 spiro atoms. The molecule has 94 valence electrons. The third-order valence-electron chi connectivity index (χ3n) is 4.81. The average molecular weight is 234 g/mol. The van der Waals surface area contributed by atoms with Crippen molar-refractivity contribution in [1.82, 2.24) is 0 Å². The third-order valence-corrected chi connectivity index (χ3v) is 4.81. The molecule has 1 N–H and O–H groups in total. The van der Waals surface area contributed by atoms with Gasteiger partial charge in [-0.1, -0.05) is 44.6 Å². The van der Waals surface area contributed by atoms with Gasteiger partial charge in [-0.25, -0.2) is 0 Å². The van der Waals surface area contributed by atoms with Crippen LogP contribution >= 0.6 is 0 Å². The Morgan fingerprint density at radius 3 is 2.65 bits per heavy atom. The van der Waals surface area contributed by atoms with E-state index in [-0.39, 0.29) is 16.7 Å². The van der Waals surface area contributed by atoms with Crippen molar-refractivity contribution in [2.45, 2.75) is 40.5 Å². The highest BCUT2D eigenvalue weighted by Crippen LogP contribution is 2.56. The lowest BCUT2D eigenvalue weighted by atomic mass is 9.51. The molecule has 0 aromatic rings. The van der Waals surface area contributed by atoms with Gasteiger partial charge in [0.15, 0.2) is 0 Å². The van der Waals surface area contributed by atoms with Gasteiger partial charge in [-0.2, -0.15) is 0 Å². The third kappa shape index (κ3) is 1.74. The minimum Gasteiger partial charge on any atom is -0.481 e. The van der Waals surface area contributed by atoms with Crippen LogP contribution in [0.4, 0.5) is 0 Å². The summed E-state index contributed by atoms with van der Waals surface area (Å²) in [6, 6.07) is 0. The number of carboxylic acid groups (broad SMARTS) is 1. The Labute approximate surface area is 103 Å². The van der Waals surface area contributed by atoms with Gasteiger partial charge in [0, 0.05) is 5.41 Å². The van der Waals surface area contributed by atoms with Crippen LogP contribution in [0.3, 0.4) is 0 Å². The van der Waals surface area contributed by atoms with Crippen LogP contribution in [0.15, 0.2) is 23.8 Å². The number of hydrogen-bond acceptors (Lipinski definition) is 1. The van der Waals surface area contributed by atoms with Gasteiger partial charge in [-0.15, -0.1) is 0 Å². The number of fused-ring (bicyclic) bond motifs is 1. The van der Waals surface area contributed by atoms with Crippen molar-refractivity contribution in [2.24, 2.45) is 22.7 Å². The standard InChI is InChI=1S/C15H22O2/c1-10-6-7-11-14(2,3)8-5-9-15(11,4)12(10)13(16)17/h5-6,9,11-12H,7-8H2,1-4H3,(H,16,17). The van der Waals surface area contributed by atoms with Gasteiger partial charge in [-0.3, -0.25) is 4.79 Å². The van der Waals surface area contributed by atoms with Crippen molar-refractivity contribution in [3.05, 3.63) is 23.8 Å². The zero-order chi connectivity index (χ0) is 12.8. The van der Waals surface area contributed by atoms with Gasteiger partial charge in [0.05, 0.1) is 5.92 Å².